The summed E-state index contributed by atoms with van der Waals surface area (Å²) in [6.07, 6.45) is -1.03. The van der Waals surface area contributed by atoms with Crippen LogP contribution in [0.5, 0.6) is 17.2 Å². The number of hydrogen-bond acceptors (Lipinski definition) is 4. The number of carbonyl (C=O) groups excluding carboxylic acids is 1. The number of aromatic nitrogens is 1. The van der Waals surface area contributed by atoms with Crippen molar-refractivity contribution in [1.82, 2.24) is 9.88 Å². The number of carbonyl (C=O) groups is 1. The Morgan fingerprint density at radius 1 is 0.950 bits per heavy atom. The van der Waals surface area contributed by atoms with Gasteiger partial charge in [-0.15, -0.1) is 0 Å². The molecule has 3 aromatic carbocycles. The Morgan fingerprint density at radius 2 is 1.65 bits per heavy atom. The predicted octanol–water partition coefficient (Wildman–Crippen LogP) is 7.21. The van der Waals surface area contributed by atoms with Crippen LogP contribution in [0.4, 0.5) is 13.2 Å². The number of phenols is 2. The maximum Gasteiger partial charge on any atom is 0.416 e. The van der Waals surface area contributed by atoms with Crippen LogP contribution in [0.25, 0.3) is 22.2 Å². The molecule has 3 N–H and O–H groups in total. The molecular formula is C31H33F3N2O4. The fraction of sp³-hybridized carbons (Fsp3) is 0.323. The maximum atomic E-state index is 12.7. The summed E-state index contributed by atoms with van der Waals surface area (Å²) in [5, 5.41) is 21.2. The summed E-state index contributed by atoms with van der Waals surface area (Å²) in [5.74, 6) is 0.740. The molecule has 4 rings (SSSR count). The SMILES string of the molecule is Cc1c(-c2ccc(O)cc2)[nH]c2ccc(O)c(CCCCCC(=O)N(C)CCOc3ccc(C(F)(F)F)cc3)c12. The molecule has 6 nitrogen and oxygen atoms in total. The molecule has 1 heterocycles. The van der Waals surface area contributed by atoms with Gasteiger partial charge in [-0.2, -0.15) is 13.2 Å². The predicted molar refractivity (Wildman–Crippen MR) is 149 cm³/mol. The van der Waals surface area contributed by atoms with Gasteiger partial charge < -0.3 is 24.8 Å². The number of rotatable bonds is 11. The van der Waals surface area contributed by atoms with Gasteiger partial charge in [0.25, 0.3) is 0 Å². The Bertz CT molecular complexity index is 1440. The van der Waals surface area contributed by atoms with Crippen molar-refractivity contribution in [2.24, 2.45) is 0 Å². The zero-order valence-corrected chi connectivity index (χ0v) is 22.5. The summed E-state index contributed by atoms with van der Waals surface area (Å²) in [7, 11) is 1.68. The molecule has 0 aliphatic carbocycles. The van der Waals surface area contributed by atoms with Crippen LogP contribution in [0, 0.1) is 6.92 Å². The first-order valence-electron chi connectivity index (χ1n) is 13.2. The number of phenolic OH excluding ortho intramolecular Hbond substituents is 2. The number of nitrogens with one attached hydrogen (secondary N) is 1. The van der Waals surface area contributed by atoms with Gasteiger partial charge in [-0.3, -0.25) is 4.79 Å². The van der Waals surface area contributed by atoms with Crippen LogP contribution in [-0.2, 0) is 17.4 Å². The van der Waals surface area contributed by atoms with E-state index >= 15 is 0 Å². The lowest BCUT2D eigenvalue weighted by molar-refractivity contribution is -0.137. The molecule has 0 unspecified atom stereocenters. The molecular weight excluding hydrogens is 521 g/mol. The number of unbranched alkanes of at least 4 members (excludes halogenated alkanes) is 2. The zero-order chi connectivity index (χ0) is 28.9. The van der Waals surface area contributed by atoms with Crippen LogP contribution in [-0.4, -0.2) is 46.2 Å². The number of halogens is 3. The molecule has 0 spiro atoms. The molecule has 0 aliphatic heterocycles. The quantitative estimate of drug-likeness (QED) is 0.171. The third-order valence-electron chi connectivity index (χ3n) is 7.07. The van der Waals surface area contributed by atoms with E-state index in [9.17, 15) is 28.2 Å². The summed E-state index contributed by atoms with van der Waals surface area (Å²) in [5.41, 5.74) is 3.99. The third-order valence-corrected chi connectivity index (χ3v) is 7.07. The van der Waals surface area contributed by atoms with Crippen molar-refractivity contribution in [3.8, 4) is 28.5 Å². The number of alkyl halides is 3. The molecule has 40 heavy (non-hydrogen) atoms. The van der Waals surface area contributed by atoms with Gasteiger partial charge in [0, 0.05) is 35.6 Å². The highest BCUT2D eigenvalue weighted by molar-refractivity contribution is 5.94. The van der Waals surface area contributed by atoms with Gasteiger partial charge >= 0.3 is 6.18 Å². The second kappa shape index (κ2) is 12.4. The lowest BCUT2D eigenvalue weighted by atomic mass is 9.98. The Kier molecular flexibility index (Phi) is 8.92. The van der Waals surface area contributed by atoms with Crippen LogP contribution in [0.15, 0.2) is 60.7 Å². The van der Waals surface area contributed by atoms with Gasteiger partial charge in [0.05, 0.1) is 12.1 Å². The number of ether oxygens (including phenoxy) is 1. The van der Waals surface area contributed by atoms with Crippen molar-refractivity contribution < 1.29 is 32.9 Å². The monoisotopic (exact) mass is 554 g/mol. The molecule has 0 aliphatic rings. The number of aryl methyl sites for hydroxylation is 2. The molecule has 0 atom stereocenters. The van der Waals surface area contributed by atoms with Gasteiger partial charge in [0.1, 0.15) is 23.9 Å². The van der Waals surface area contributed by atoms with E-state index in [1.807, 2.05) is 25.1 Å². The molecule has 0 bridgehead atoms. The number of aromatic hydroxyl groups is 2. The second-order valence-electron chi connectivity index (χ2n) is 9.90. The molecule has 212 valence electrons. The third kappa shape index (κ3) is 6.89. The Hall–Kier alpha value is -4.14. The molecule has 0 fully saturated rings. The number of likely N-dealkylation sites (N-methyl/N-ethyl adjacent to an activating group) is 1. The highest BCUT2D eigenvalue weighted by Gasteiger charge is 2.30. The van der Waals surface area contributed by atoms with Crippen LogP contribution < -0.4 is 4.74 Å². The molecule has 1 aromatic heterocycles. The van der Waals surface area contributed by atoms with E-state index in [-0.39, 0.29) is 24.0 Å². The van der Waals surface area contributed by atoms with Crippen molar-refractivity contribution in [3.05, 3.63) is 77.4 Å². The van der Waals surface area contributed by atoms with E-state index in [2.05, 4.69) is 4.98 Å². The first-order valence-corrected chi connectivity index (χ1v) is 13.2. The van der Waals surface area contributed by atoms with E-state index in [1.54, 1.807) is 30.1 Å². The number of fused-ring (bicyclic) bond motifs is 1. The number of hydrogen-bond donors (Lipinski definition) is 3. The van der Waals surface area contributed by atoms with E-state index in [1.165, 1.54) is 12.1 Å². The van der Waals surface area contributed by atoms with Crippen molar-refractivity contribution in [1.29, 1.82) is 0 Å². The molecule has 4 aromatic rings. The Morgan fingerprint density at radius 3 is 2.33 bits per heavy atom. The van der Waals surface area contributed by atoms with Crippen molar-refractivity contribution >= 4 is 16.8 Å². The summed E-state index contributed by atoms with van der Waals surface area (Å²) >= 11 is 0. The minimum absolute atomic E-state index is 0.0269. The van der Waals surface area contributed by atoms with Gasteiger partial charge in [-0.25, -0.2) is 0 Å². The summed E-state index contributed by atoms with van der Waals surface area (Å²) in [6, 6.07) is 15.0. The summed E-state index contributed by atoms with van der Waals surface area (Å²) in [4.78, 5) is 17.5. The van der Waals surface area contributed by atoms with E-state index in [0.29, 0.717) is 31.6 Å². The van der Waals surface area contributed by atoms with Crippen molar-refractivity contribution in [2.75, 3.05) is 20.2 Å². The van der Waals surface area contributed by atoms with Crippen LogP contribution in [0.1, 0.15) is 42.4 Å². The molecule has 0 radical (unpaired) electrons. The molecule has 0 saturated carbocycles. The van der Waals surface area contributed by atoms with Gasteiger partial charge in [0.15, 0.2) is 0 Å². The lowest BCUT2D eigenvalue weighted by Gasteiger charge is -2.17. The Labute approximate surface area is 231 Å². The number of amides is 1. The van der Waals surface area contributed by atoms with Crippen LogP contribution in [0.2, 0.25) is 0 Å². The highest BCUT2D eigenvalue weighted by Crippen LogP contribution is 2.36. The second-order valence-corrected chi connectivity index (χ2v) is 9.90. The highest BCUT2D eigenvalue weighted by atomic mass is 19.4. The fourth-order valence-electron chi connectivity index (χ4n) is 4.80. The van der Waals surface area contributed by atoms with Gasteiger partial charge in [0.2, 0.25) is 5.91 Å². The van der Waals surface area contributed by atoms with E-state index in [0.717, 1.165) is 58.3 Å². The minimum atomic E-state index is -4.39. The van der Waals surface area contributed by atoms with E-state index < -0.39 is 11.7 Å². The number of H-pyrrole nitrogens is 1. The van der Waals surface area contributed by atoms with Crippen molar-refractivity contribution in [2.45, 2.75) is 45.2 Å². The molecule has 0 saturated heterocycles. The largest absolute Gasteiger partial charge is 0.508 e. The maximum absolute atomic E-state index is 12.7. The summed E-state index contributed by atoms with van der Waals surface area (Å²) in [6.45, 7) is 2.52. The van der Waals surface area contributed by atoms with Gasteiger partial charge in [-0.05, 0) is 98.0 Å². The molecule has 9 heteroatoms. The standard InChI is InChI=1S/C31H33F3N2O4/c1-20-29-25(27(38)17-16-26(29)35-30(20)21-8-12-23(37)13-9-21)6-4-3-5-7-28(39)36(2)18-19-40-24-14-10-22(11-15-24)31(32,33)34/h8-17,35,37-38H,3-7,18-19H2,1-2H3. The zero-order valence-electron chi connectivity index (χ0n) is 22.5. The number of benzene rings is 3. The topological polar surface area (TPSA) is 85.8 Å². The average molecular weight is 555 g/mol. The van der Waals surface area contributed by atoms with Crippen LogP contribution >= 0.6 is 0 Å². The first kappa shape index (κ1) is 28.9. The average Bonchev–Trinajstić information content (AvgIpc) is 3.26. The number of aromatic amines is 1. The smallest absolute Gasteiger partial charge is 0.416 e. The summed E-state index contributed by atoms with van der Waals surface area (Å²) < 4.78 is 43.5. The van der Waals surface area contributed by atoms with Crippen molar-refractivity contribution in [3.63, 3.8) is 0 Å². The Balaban J connectivity index is 1.24. The minimum Gasteiger partial charge on any atom is -0.508 e. The van der Waals surface area contributed by atoms with E-state index in [4.69, 9.17) is 4.74 Å². The lowest BCUT2D eigenvalue weighted by Crippen LogP contribution is -2.30. The van der Waals surface area contributed by atoms with Crippen LogP contribution in [0.3, 0.4) is 0 Å². The number of nitrogens with zero attached hydrogens (tertiary/aromatic N) is 1. The normalized spacial score (nSPS) is 11.6. The molecule has 1 amide bonds. The van der Waals surface area contributed by atoms with Gasteiger partial charge in [-0.1, -0.05) is 6.42 Å². The fourth-order valence-corrected chi connectivity index (χ4v) is 4.80. The first-order chi connectivity index (χ1) is 19.0.